The van der Waals surface area contributed by atoms with Crippen LogP contribution in [0.2, 0.25) is 24.7 Å². The maximum absolute atomic E-state index is 11.6. The second-order valence-electron chi connectivity index (χ2n) is 8.89. The lowest BCUT2D eigenvalue weighted by atomic mass is 9.83. The Bertz CT molecular complexity index is 658. The van der Waals surface area contributed by atoms with Crippen LogP contribution in [-0.4, -0.2) is 19.1 Å². The predicted molar refractivity (Wildman–Crippen MR) is 115 cm³/mol. The summed E-state index contributed by atoms with van der Waals surface area (Å²) in [4.78, 5) is 11.6. The van der Waals surface area contributed by atoms with E-state index in [0.717, 1.165) is 5.54 Å². The van der Waals surface area contributed by atoms with Gasteiger partial charge < -0.3 is 9.84 Å². The van der Waals surface area contributed by atoms with Crippen molar-refractivity contribution in [3.8, 4) is 5.75 Å². The average molecular weight is 389 g/mol. The topological polar surface area (TPSA) is 46.5 Å². The fraction of sp³-hybridized carbons (Fsp3) is 0.609. The van der Waals surface area contributed by atoms with Gasteiger partial charge in [0.1, 0.15) is 12.4 Å². The molecule has 3 nitrogen and oxygen atoms in total. The Kier molecular flexibility index (Phi) is 7.72. The van der Waals surface area contributed by atoms with E-state index in [1.165, 1.54) is 50.1 Å². The third kappa shape index (κ3) is 5.96. The summed E-state index contributed by atoms with van der Waals surface area (Å²) in [6.45, 7) is 12.7. The third-order valence-corrected chi connectivity index (χ3v) is 10.7. The molecule has 0 spiro atoms. The van der Waals surface area contributed by atoms with E-state index in [2.05, 4.69) is 26.6 Å². The molecule has 1 aromatic rings. The van der Waals surface area contributed by atoms with Gasteiger partial charge in [-0.15, -0.1) is 0 Å². The van der Waals surface area contributed by atoms with Crippen LogP contribution in [0.25, 0.3) is 0 Å². The number of rotatable bonds is 8. The van der Waals surface area contributed by atoms with Gasteiger partial charge in [-0.2, -0.15) is 0 Å². The Morgan fingerprint density at radius 2 is 1.93 bits per heavy atom. The number of hydrogen-bond acceptors (Lipinski definition) is 3. The maximum atomic E-state index is 11.6. The van der Waals surface area contributed by atoms with E-state index in [1.807, 2.05) is 12.1 Å². The van der Waals surface area contributed by atoms with Crippen LogP contribution in [0.3, 0.4) is 0 Å². The van der Waals surface area contributed by atoms with Gasteiger partial charge in [0.15, 0.2) is 0 Å². The molecule has 1 aliphatic rings. The van der Waals surface area contributed by atoms with Crippen molar-refractivity contribution in [1.82, 2.24) is 0 Å². The lowest BCUT2D eigenvalue weighted by Gasteiger charge is -2.38. The van der Waals surface area contributed by atoms with Crippen molar-refractivity contribution in [1.29, 1.82) is 0 Å². The number of esters is 1. The second kappa shape index (κ2) is 9.58. The van der Waals surface area contributed by atoms with Crippen LogP contribution in [0.5, 0.6) is 5.75 Å². The van der Waals surface area contributed by atoms with Crippen molar-refractivity contribution in [2.45, 2.75) is 89.6 Å². The first-order valence-electron chi connectivity index (χ1n) is 10.4. The Hall–Kier alpha value is -1.55. The van der Waals surface area contributed by atoms with Crippen molar-refractivity contribution < 1.29 is 14.6 Å². The van der Waals surface area contributed by atoms with Crippen LogP contribution < -0.4 is 0 Å². The van der Waals surface area contributed by atoms with E-state index in [4.69, 9.17) is 4.74 Å². The van der Waals surface area contributed by atoms with Crippen LogP contribution in [0.15, 0.2) is 30.4 Å². The number of unbranched alkanes of at least 4 members (excludes halogenated alkanes) is 1. The molecule has 27 heavy (non-hydrogen) atoms. The van der Waals surface area contributed by atoms with Gasteiger partial charge in [-0.1, -0.05) is 64.4 Å². The molecule has 1 N–H and O–H groups in total. The highest BCUT2D eigenvalue weighted by Gasteiger charge is 2.34. The highest BCUT2D eigenvalue weighted by Crippen LogP contribution is 2.45. The highest BCUT2D eigenvalue weighted by atomic mass is 28.3. The first kappa shape index (κ1) is 21.7. The monoisotopic (exact) mass is 388 g/mol. The second-order valence-corrected chi connectivity index (χ2v) is 14.2. The molecule has 2 rings (SSSR count). The summed E-state index contributed by atoms with van der Waals surface area (Å²) in [6, 6.07) is 7.25. The number of aromatic hydroxyl groups is 1. The minimum Gasteiger partial charge on any atom is -0.508 e. The number of phenolic OH excluding ortho intramolecular Hbond substituents is 1. The van der Waals surface area contributed by atoms with E-state index >= 15 is 0 Å². The minimum absolute atomic E-state index is 0.0949. The molecule has 0 aliphatic heterocycles. The van der Waals surface area contributed by atoms with Crippen LogP contribution in [0.1, 0.15) is 69.4 Å². The fourth-order valence-electron chi connectivity index (χ4n) is 4.29. The largest absolute Gasteiger partial charge is 0.508 e. The van der Waals surface area contributed by atoms with E-state index in [-0.39, 0.29) is 12.4 Å². The average Bonchev–Trinajstić information content (AvgIpc) is 2.65. The van der Waals surface area contributed by atoms with Gasteiger partial charge in [0.2, 0.25) is 0 Å². The molecule has 0 bridgehead atoms. The number of benzene rings is 1. The van der Waals surface area contributed by atoms with Crippen molar-refractivity contribution in [2.75, 3.05) is 0 Å². The first-order chi connectivity index (χ1) is 12.7. The molecular weight excluding hydrogens is 352 g/mol. The third-order valence-electron chi connectivity index (χ3n) is 6.29. The summed E-state index contributed by atoms with van der Waals surface area (Å²) >= 11 is 0. The van der Waals surface area contributed by atoms with Crippen molar-refractivity contribution in [3.05, 3.63) is 41.5 Å². The molecule has 150 valence electrons. The summed E-state index contributed by atoms with van der Waals surface area (Å²) in [5, 5.41) is 10.1. The molecule has 0 unspecified atom stereocenters. The van der Waals surface area contributed by atoms with E-state index < -0.39 is 14.0 Å². The number of carbonyl (C=O) groups excluding carboxylic acids is 1. The first-order valence-corrected chi connectivity index (χ1v) is 13.7. The van der Waals surface area contributed by atoms with Crippen molar-refractivity contribution >= 4 is 14.0 Å². The predicted octanol–water partition coefficient (Wildman–Crippen LogP) is 6.55. The molecule has 1 aliphatic carbocycles. The molecule has 1 fully saturated rings. The molecule has 0 amide bonds. The summed E-state index contributed by atoms with van der Waals surface area (Å²) in [5.41, 5.74) is 3.26. The number of hydrogen-bond donors (Lipinski definition) is 1. The van der Waals surface area contributed by atoms with E-state index in [9.17, 15) is 9.90 Å². The minimum atomic E-state index is -1.12. The van der Waals surface area contributed by atoms with Gasteiger partial charge >= 0.3 is 5.97 Å². The Morgan fingerprint density at radius 3 is 2.52 bits per heavy atom. The van der Waals surface area contributed by atoms with Crippen molar-refractivity contribution in [3.63, 3.8) is 0 Å². The van der Waals surface area contributed by atoms with Crippen LogP contribution in [0, 0.1) is 0 Å². The molecule has 0 atom stereocenters. The lowest BCUT2D eigenvalue weighted by Crippen LogP contribution is -2.34. The molecule has 0 aromatic heterocycles. The Morgan fingerprint density at radius 1 is 1.26 bits per heavy atom. The van der Waals surface area contributed by atoms with Crippen LogP contribution in [-0.2, 0) is 16.1 Å². The molecule has 1 saturated carbocycles. The molecule has 0 radical (unpaired) electrons. The quantitative estimate of drug-likeness (QED) is 0.312. The van der Waals surface area contributed by atoms with Gasteiger partial charge in [-0.05, 0) is 48.9 Å². The Balaban J connectivity index is 1.98. The zero-order chi connectivity index (χ0) is 20.0. The highest BCUT2D eigenvalue weighted by molar-refractivity contribution is 6.78. The van der Waals surface area contributed by atoms with E-state index in [0.29, 0.717) is 17.1 Å². The van der Waals surface area contributed by atoms with Crippen LogP contribution in [0.4, 0.5) is 0 Å². The molecule has 4 heteroatoms. The summed E-state index contributed by atoms with van der Waals surface area (Å²) < 4.78 is 5.22. The zero-order valence-electron chi connectivity index (χ0n) is 17.5. The molecular formula is C23H36O3Si. The molecule has 1 aromatic carbocycles. The molecule has 0 saturated heterocycles. The maximum Gasteiger partial charge on any atom is 0.333 e. The van der Waals surface area contributed by atoms with Gasteiger partial charge in [-0.25, -0.2) is 4.79 Å². The Labute approximate surface area is 165 Å². The number of ether oxygens (including phenoxy) is 1. The lowest BCUT2D eigenvalue weighted by molar-refractivity contribution is -0.140. The summed E-state index contributed by atoms with van der Waals surface area (Å²) in [7, 11) is -1.12. The van der Waals surface area contributed by atoms with Crippen LogP contribution >= 0.6 is 0 Å². The standard InChI is InChI=1S/C23H36O3Si/c1-6-7-14-27(4,5)21-11-8-18(9-12-21)19-10-13-22(24)20(15-19)16-26-23(25)17(2)3/h10,13,15,18,21,24H,2,6-9,11-12,14,16H2,1,3-5H3. The smallest absolute Gasteiger partial charge is 0.333 e. The number of phenols is 1. The summed E-state index contributed by atoms with van der Waals surface area (Å²) in [5.74, 6) is 0.322. The fourth-order valence-corrected chi connectivity index (χ4v) is 7.86. The number of carbonyl (C=O) groups is 1. The van der Waals surface area contributed by atoms with Crippen molar-refractivity contribution in [2.24, 2.45) is 0 Å². The molecule has 0 heterocycles. The summed E-state index contributed by atoms with van der Waals surface area (Å²) in [6.07, 6.45) is 7.79. The normalized spacial score (nSPS) is 20.3. The van der Waals surface area contributed by atoms with Gasteiger partial charge in [0, 0.05) is 11.1 Å². The van der Waals surface area contributed by atoms with Gasteiger partial charge in [0.25, 0.3) is 0 Å². The van der Waals surface area contributed by atoms with Gasteiger partial charge in [-0.3, -0.25) is 0 Å². The van der Waals surface area contributed by atoms with Gasteiger partial charge in [0.05, 0.1) is 8.07 Å². The zero-order valence-corrected chi connectivity index (χ0v) is 18.5. The SMILES string of the molecule is C=C(C)C(=O)OCc1cc(C2CCC([Si](C)(C)CCCC)CC2)ccc1O. The van der Waals surface area contributed by atoms with E-state index in [1.54, 1.807) is 13.0 Å².